The van der Waals surface area contributed by atoms with Crippen LogP contribution in [-0.2, 0) is 0 Å². The molecule has 0 radical (unpaired) electrons. The summed E-state index contributed by atoms with van der Waals surface area (Å²) in [7, 11) is 0. The highest BCUT2D eigenvalue weighted by Gasteiger charge is 2.12. The lowest BCUT2D eigenvalue weighted by Crippen LogP contribution is -2.36. The van der Waals surface area contributed by atoms with Crippen LogP contribution in [-0.4, -0.2) is 16.9 Å². The molecule has 1 aliphatic rings. The summed E-state index contributed by atoms with van der Waals surface area (Å²) >= 11 is 0. The van der Waals surface area contributed by atoms with Crippen molar-refractivity contribution in [1.29, 1.82) is 0 Å². The van der Waals surface area contributed by atoms with Gasteiger partial charge in [-0.25, -0.2) is 0 Å². The van der Waals surface area contributed by atoms with Crippen LogP contribution in [0.4, 0.5) is 0 Å². The molecule has 3 nitrogen and oxygen atoms in total. The van der Waals surface area contributed by atoms with Gasteiger partial charge in [-0.3, -0.25) is 9.78 Å². The van der Waals surface area contributed by atoms with Crippen molar-refractivity contribution in [2.24, 2.45) is 5.92 Å². The van der Waals surface area contributed by atoms with Crippen molar-refractivity contribution >= 4 is 18.1 Å². The zero-order chi connectivity index (χ0) is 14.5. The fourth-order valence-corrected chi connectivity index (χ4v) is 2.43. The summed E-state index contributed by atoms with van der Waals surface area (Å²) in [5.41, 5.74) is 0.485. The molecule has 0 saturated carbocycles. The number of allylic oxidation sites excluding steroid dienone is 2. The van der Waals surface area contributed by atoms with Gasteiger partial charge in [0.2, 0.25) is 0 Å². The SMILES string of the molecule is CC(C)CC(C)NC(=O)c1cc2c(cn1)=CCC=CC=2. The normalized spacial score (nSPS) is 14.8. The molecule has 1 heterocycles. The Morgan fingerprint density at radius 3 is 2.90 bits per heavy atom. The van der Waals surface area contributed by atoms with Crippen LogP contribution in [0.15, 0.2) is 24.4 Å². The van der Waals surface area contributed by atoms with Crippen molar-refractivity contribution in [3.8, 4) is 0 Å². The first-order valence-corrected chi connectivity index (χ1v) is 7.20. The predicted molar refractivity (Wildman–Crippen MR) is 82.6 cm³/mol. The van der Waals surface area contributed by atoms with Gasteiger partial charge < -0.3 is 5.32 Å². The van der Waals surface area contributed by atoms with Crippen molar-refractivity contribution in [2.75, 3.05) is 0 Å². The molecule has 1 unspecified atom stereocenters. The topological polar surface area (TPSA) is 42.0 Å². The molecular formula is C17H22N2O. The zero-order valence-corrected chi connectivity index (χ0v) is 12.4. The first kappa shape index (κ1) is 14.5. The number of aromatic nitrogens is 1. The lowest BCUT2D eigenvalue weighted by atomic mass is 10.1. The van der Waals surface area contributed by atoms with E-state index in [0.717, 1.165) is 23.3 Å². The van der Waals surface area contributed by atoms with Gasteiger partial charge in [0.15, 0.2) is 0 Å². The van der Waals surface area contributed by atoms with Crippen molar-refractivity contribution in [2.45, 2.75) is 39.7 Å². The number of fused-ring (bicyclic) bond motifs is 1. The van der Waals surface area contributed by atoms with E-state index in [1.807, 2.05) is 25.1 Å². The van der Waals surface area contributed by atoms with E-state index in [2.05, 4.69) is 36.3 Å². The highest BCUT2D eigenvalue weighted by atomic mass is 16.1. The fraction of sp³-hybridized carbons (Fsp3) is 0.412. The van der Waals surface area contributed by atoms with Crippen molar-refractivity contribution < 1.29 is 4.79 Å². The van der Waals surface area contributed by atoms with Crippen LogP contribution in [0.2, 0.25) is 0 Å². The Hall–Kier alpha value is -1.90. The van der Waals surface area contributed by atoms with Crippen LogP contribution in [0, 0.1) is 5.92 Å². The molecular weight excluding hydrogens is 248 g/mol. The highest BCUT2D eigenvalue weighted by Crippen LogP contribution is 2.04. The molecule has 0 fully saturated rings. The van der Waals surface area contributed by atoms with Gasteiger partial charge in [0.1, 0.15) is 5.69 Å². The molecule has 1 aliphatic carbocycles. The molecule has 1 N–H and O–H groups in total. The molecule has 1 aromatic heterocycles. The number of hydrogen-bond donors (Lipinski definition) is 1. The minimum absolute atomic E-state index is 0.0948. The van der Waals surface area contributed by atoms with E-state index in [9.17, 15) is 4.79 Å². The smallest absolute Gasteiger partial charge is 0.270 e. The first-order chi connectivity index (χ1) is 9.56. The maximum Gasteiger partial charge on any atom is 0.270 e. The fourth-order valence-electron chi connectivity index (χ4n) is 2.43. The molecule has 0 aromatic carbocycles. The summed E-state index contributed by atoms with van der Waals surface area (Å²) in [5, 5.41) is 5.14. The molecule has 20 heavy (non-hydrogen) atoms. The zero-order valence-electron chi connectivity index (χ0n) is 12.4. The largest absolute Gasteiger partial charge is 0.348 e. The molecule has 1 atom stereocenters. The molecule has 0 bridgehead atoms. The van der Waals surface area contributed by atoms with Crippen molar-refractivity contribution in [3.63, 3.8) is 0 Å². The van der Waals surface area contributed by atoms with E-state index in [1.54, 1.807) is 6.20 Å². The highest BCUT2D eigenvalue weighted by molar-refractivity contribution is 5.92. The average Bonchev–Trinajstić information content (AvgIpc) is 2.61. The Bertz CT molecular complexity index is 629. The number of hydrogen-bond acceptors (Lipinski definition) is 2. The molecule has 1 aromatic rings. The second-order valence-electron chi connectivity index (χ2n) is 5.74. The third-order valence-corrected chi connectivity index (χ3v) is 3.29. The van der Waals surface area contributed by atoms with E-state index in [0.29, 0.717) is 11.6 Å². The minimum Gasteiger partial charge on any atom is -0.348 e. The lowest BCUT2D eigenvalue weighted by Gasteiger charge is -2.15. The van der Waals surface area contributed by atoms with Crippen LogP contribution < -0.4 is 15.8 Å². The van der Waals surface area contributed by atoms with Gasteiger partial charge in [0.25, 0.3) is 5.91 Å². The Balaban J connectivity index is 2.18. The summed E-state index contributed by atoms with van der Waals surface area (Å²) in [6, 6.07) is 2.03. The van der Waals surface area contributed by atoms with Gasteiger partial charge in [-0.15, -0.1) is 0 Å². The van der Waals surface area contributed by atoms with E-state index < -0.39 is 0 Å². The van der Waals surface area contributed by atoms with Crippen LogP contribution in [0.1, 0.15) is 44.1 Å². The number of nitrogens with zero attached hydrogens (tertiary/aromatic N) is 1. The number of rotatable bonds is 4. The molecule has 3 heteroatoms. The van der Waals surface area contributed by atoms with Crippen molar-refractivity contribution in [3.05, 3.63) is 40.5 Å². The maximum absolute atomic E-state index is 12.2. The Morgan fingerprint density at radius 2 is 2.15 bits per heavy atom. The van der Waals surface area contributed by atoms with Gasteiger partial charge in [-0.1, -0.05) is 38.2 Å². The predicted octanol–water partition coefficient (Wildman–Crippen LogP) is 1.77. The average molecular weight is 270 g/mol. The second-order valence-corrected chi connectivity index (χ2v) is 5.74. The van der Waals surface area contributed by atoms with Crippen LogP contribution in [0.3, 0.4) is 0 Å². The second kappa shape index (κ2) is 6.51. The molecule has 1 amide bonds. The molecule has 2 rings (SSSR count). The number of carbonyl (C=O) groups excluding carboxylic acids is 1. The molecule has 106 valence electrons. The first-order valence-electron chi connectivity index (χ1n) is 7.20. The van der Waals surface area contributed by atoms with E-state index in [1.165, 1.54) is 0 Å². The number of carbonyl (C=O) groups is 1. The standard InChI is InChI=1S/C17H22N2O/c1-12(2)9-13(3)19-17(20)16-10-14-7-5-4-6-8-15(14)11-18-16/h4-5,7-8,10-13H,6,9H2,1-3H3,(H,19,20). The van der Waals surface area contributed by atoms with E-state index in [4.69, 9.17) is 0 Å². The monoisotopic (exact) mass is 270 g/mol. The van der Waals surface area contributed by atoms with Gasteiger partial charge in [-0.2, -0.15) is 0 Å². The summed E-state index contributed by atoms with van der Waals surface area (Å²) in [6.07, 6.45) is 11.9. The quantitative estimate of drug-likeness (QED) is 0.906. The third kappa shape index (κ3) is 3.80. The summed E-state index contributed by atoms with van der Waals surface area (Å²) in [4.78, 5) is 16.5. The third-order valence-electron chi connectivity index (χ3n) is 3.29. The lowest BCUT2D eigenvalue weighted by molar-refractivity contribution is 0.0931. The van der Waals surface area contributed by atoms with Gasteiger partial charge >= 0.3 is 0 Å². The Labute approximate surface area is 120 Å². The molecule has 0 aliphatic heterocycles. The maximum atomic E-state index is 12.2. The van der Waals surface area contributed by atoms with E-state index in [-0.39, 0.29) is 11.9 Å². The van der Waals surface area contributed by atoms with Gasteiger partial charge in [-0.05, 0) is 42.2 Å². The van der Waals surface area contributed by atoms with Crippen LogP contribution in [0.25, 0.3) is 12.2 Å². The van der Waals surface area contributed by atoms with E-state index >= 15 is 0 Å². The molecule has 0 saturated heterocycles. The minimum atomic E-state index is -0.0948. The number of nitrogens with one attached hydrogen (secondary N) is 1. The van der Waals surface area contributed by atoms with Gasteiger partial charge in [0.05, 0.1) is 0 Å². The summed E-state index contributed by atoms with van der Waals surface area (Å²) < 4.78 is 0. The van der Waals surface area contributed by atoms with Gasteiger partial charge in [0, 0.05) is 12.2 Å². The number of amides is 1. The Morgan fingerprint density at radius 1 is 1.35 bits per heavy atom. The molecule has 0 spiro atoms. The summed E-state index contributed by atoms with van der Waals surface area (Å²) in [5.74, 6) is 0.473. The van der Waals surface area contributed by atoms with Crippen LogP contribution in [0.5, 0.6) is 0 Å². The summed E-state index contributed by atoms with van der Waals surface area (Å²) in [6.45, 7) is 6.34. The Kier molecular flexibility index (Phi) is 4.72. The van der Waals surface area contributed by atoms with Crippen molar-refractivity contribution in [1.82, 2.24) is 10.3 Å². The van der Waals surface area contributed by atoms with Crippen LogP contribution >= 0.6 is 0 Å². The number of pyridine rings is 1.